The van der Waals surface area contributed by atoms with Crippen molar-refractivity contribution in [2.24, 2.45) is 5.92 Å². The number of nitrogens with zero attached hydrogens (tertiary/aromatic N) is 1. The Kier molecular flexibility index (Phi) is 6.91. The van der Waals surface area contributed by atoms with Crippen LogP contribution in [0.25, 0.3) is 0 Å². The maximum Gasteiger partial charge on any atom is 0.350 e. The second-order valence-electron chi connectivity index (χ2n) is 5.97. The molecule has 25 heavy (non-hydrogen) atoms. The molecule has 3 N–H and O–H groups in total. The SMILES string of the molecule is COC(=O)c1sccc1NC(=O)CC(CN1CCC(O)CC1)C(=O)O. The molecule has 1 aliphatic rings. The monoisotopic (exact) mass is 370 g/mol. The normalized spacial score (nSPS) is 17.0. The van der Waals surface area contributed by atoms with Crippen molar-refractivity contribution in [3.8, 4) is 0 Å². The number of anilines is 1. The van der Waals surface area contributed by atoms with Gasteiger partial charge in [-0.1, -0.05) is 0 Å². The van der Waals surface area contributed by atoms with Crippen LogP contribution in [0.15, 0.2) is 11.4 Å². The van der Waals surface area contributed by atoms with Crippen LogP contribution in [0.3, 0.4) is 0 Å². The molecule has 1 aromatic heterocycles. The molecule has 8 nitrogen and oxygen atoms in total. The predicted octanol–water partition coefficient (Wildman–Crippen LogP) is 1.02. The molecule has 0 radical (unpaired) electrons. The van der Waals surface area contributed by atoms with Gasteiger partial charge in [-0.05, 0) is 24.3 Å². The minimum absolute atomic E-state index is 0.190. The number of likely N-dealkylation sites (tertiary alicyclic amines) is 1. The highest BCUT2D eigenvalue weighted by Gasteiger charge is 2.27. The van der Waals surface area contributed by atoms with E-state index in [0.29, 0.717) is 31.6 Å². The number of rotatable bonds is 7. The van der Waals surface area contributed by atoms with Crippen molar-refractivity contribution in [3.05, 3.63) is 16.3 Å². The summed E-state index contributed by atoms with van der Waals surface area (Å²) < 4.78 is 4.64. The maximum atomic E-state index is 12.2. The van der Waals surface area contributed by atoms with Gasteiger partial charge in [0.15, 0.2) is 0 Å². The van der Waals surface area contributed by atoms with E-state index in [1.54, 1.807) is 11.4 Å². The largest absolute Gasteiger partial charge is 0.481 e. The second kappa shape index (κ2) is 8.93. The highest BCUT2D eigenvalue weighted by Crippen LogP contribution is 2.24. The van der Waals surface area contributed by atoms with Crippen molar-refractivity contribution in [1.29, 1.82) is 0 Å². The topological polar surface area (TPSA) is 116 Å². The first-order valence-electron chi connectivity index (χ1n) is 7.99. The summed E-state index contributed by atoms with van der Waals surface area (Å²) in [5, 5.41) is 23.1. The minimum atomic E-state index is -1.04. The molecule has 9 heteroatoms. The number of carboxylic acids is 1. The first-order chi connectivity index (χ1) is 11.9. The number of hydrogen-bond donors (Lipinski definition) is 3. The summed E-state index contributed by atoms with van der Waals surface area (Å²) in [6.45, 7) is 1.48. The van der Waals surface area contributed by atoms with Crippen LogP contribution in [0, 0.1) is 5.92 Å². The second-order valence-corrected chi connectivity index (χ2v) is 6.89. The zero-order valence-corrected chi connectivity index (χ0v) is 14.8. The van der Waals surface area contributed by atoms with E-state index >= 15 is 0 Å². The van der Waals surface area contributed by atoms with E-state index in [-0.39, 0.29) is 23.9 Å². The molecular weight excluding hydrogens is 348 g/mol. The Hall–Kier alpha value is -1.97. The van der Waals surface area contributed by atoms with Crippen molar-refractivity contribution in [2.45, 2.75) is 25.4 Å². The van der Waals surface area contributed by atoms with Crippen molar-refractivity contribution in [2.75, 3.05) is 32.1 Å². The number of carbonyl (C=O) groups excluding carboxylic acids is 2. The molecule has 1 aliphatic heterocycles. The van der Waals surface area contributed by atoms with Crippen molar-refractivity contribution in [3.63, 3.8) is 0 Å². The average molecular weight is 370 g/mol. The lowest BCUT2D eigenvalue weighted by Gasteiger charge is -2.31. The van der Waals surface area contributed by atoms with E-state index < -0.39 is 23.8 Å². The fourth-order valence-electron chi connectivity index (χ4n) is 2.73. The molecule has 1 saturated heterocycles. The van der Waals surface area contributed by atoms with Gasteiger partial charge in [0.25, 0.3) is 0 Å². The minimum Gasteiger partial charge on any atom is -0.481 e. The Labute approximate surface area is 149 Å². The number of aliphatic hydroxyl groups excluding tert-OH is 1. The third-order valence-corrected chi connectivity index (χ3v) is 5.02. The number of carbonyl (C=O) groups is 3. The van der Waals surface area contributed by atoms with Crippen molar-refractivity contribution < 1.29 is 29.3 Å². The smallest absolute Gasteiger partial charge is 0.350 e. The zero-order valence-electron chi connectivity index (χ0n) is 13.9. The standard InChI is InChI=1S/C16H22N2O6S/c1-24-16(23)14-12(4-7-25-14)17-13(20)8-10(15(21)22)9-18-5-2-11(19)3-6-18/h4,7,10-11,19H,2-3,5-6,8-9H2,1H3,(H,17,20)(H,21,22). The Morgan fingerprint density at radius 1 is 1.40 bits per heavy atom. The van der Waals surface area contributed by atoms with E-state index in [1.807, 2.05) is 4.90 Å². The Morgan fingerprint density at radius 3 is 2.68 bits per heavy atom. The lowest BCUT2D eigenvalue weighted by molar-refractivity contribution is -0.144. The first kappa shape index (κ1) is 19.4. The number of nitrogens with one attached hydrogen (secondary N) is 1. The number of methoxy groups -OCH3 is 1. The number of aliphatic carboxylic acids is 1. The van der Waals surface area contributed by atoms with Crippen LogP contribution in [-0.2, 0) is 14.3 Å². The molecule has 0 aromatic carbocycles. The van der Waals surface area contributed by atoms with Crippen LogP contribution in [0.5, 0.6) is 0 Å². The lowest BCUT2D eigenvalue weighted by Crippen LogP contribution is -2.41. The predicted molar refractivity (Wildman–Crippen MR) is 91.7 cm³/mol. The number of hydrogen-bond acceptors (Lipinski definition) is 7. The van der Waals surface area contributed by atoms with Gasteiger partial charge in [-0.15, -0.1) is 11.3 Å². The van der Waals surface area contributed by atoms with Gasteiger partial charge in [0, 0.05) is 26.1 Å². The quantitative estimate of drug-likeness (QED) is 0.614. The van der Waals surface area contributed by atoms with Crippen LogP contribution < -0.4 is 5.32 Å². The van der Waals surface area contributed by atoms with Gasteiger partial charge in [0.1, 0.15) is 4.88 Å². The van der Waals surface area contributed by atoms with Gasteiger partial charge < -0.3 is 25.2 Å². The molecule has 0 saturated carbocycles. The zero-order chi connectivity index (χ0) is 18.4. The summed E-state index contributed by atoms with van der Waals surface area (Å²) in [4.78, 5) is 37.5. The fourth-order valence-corrected chi connectivity index (χ4v) is 3.49. The molecule has 1 unspecified atom stereocenters. The summed E-state index contributed by atoms with van der Waals surface area (Å²) >= 11 is 1.14. The lowest BCUT2D eigenvalue weighted by atomic mass is 10.0. The summed E-state index contributed by atoms with van der Waals surface area (Å²) in [6.07, 6.45) is 0.689. The Bertz CT molecular complexity index is 624. The number of aliphatic hydroxyl groups is 1. The maximum absolute atomic E-state index is 12.2. The van der Waals surface area contributed by atoms with Crippen LogP contribution >= 0.6 is 11.3 Å². The number of thiophene rings is 1. The molecule has 1 atom stereocenters. The van der Waals surface area contributed by atoms with Crippen LogP contribution in [0.4, 0.5) is 5.69 Å². The summed E-state index contributed by atoms with van der Waals surface area (Å²) in [5.41, 5.74) is 0.326. The van der Waals surface area contributed by atoms with Gasteiger partial charge in [-0.2, -0.15) is 0 Å². The highest BCUT2D eigenvalue weighted by molar-refractivity contribution is 7.12. The number of esters is 1. The van der Waals surface area contributed by atoms with Gasteiger partial charge in [0.2, 0.25) is 5.91 Å². The van der Waals surface area contributed by atoms with Crippen molar-refractivity contribution in [1.82, 2.24) is 4.90 Å². The third-order valence-electron chi connectivity index (χ3n) is 4.13. The molecular formula is C16H22N2O6S. The summed E-state index contributed by atoms with van der Waals surface area (Å²) in [5.74, 6) is -2.91. The molecule has 0 spiro atoms. The molecule has 1 fully saturated rings. The van der Waals surface area contributed by atoms with Gasteiger partial charge >= 0.3 is 11.9 Å². The number of piperidine rings is 1. The summed E-state index contributed by atoms with van der Waals surface area (Å²) in [7, 11) is 1.25. The molecule has 1 aromatic rings. The van der Waals surface area contributed by atoms with E-state index in [0.717, 1.165) is 11.3 Å². The number of ether oxygens (including phenoxy) is 1. The van der Waals surface area contributed by atoms with Gasteiger partial charge in [-0.3, -0.25) is 9.59 Å². The van der Waals surface area contributed by atoms with E-state index in [9.17, 15) is 24.6 Å². The van der Waals surface area contributed by atoms with Crippen LogP contribution in [0.2, 0.25) is 0 Å². The van der Waals surface area contributed by atoms with Crippen molar-refractivity contribution >= 4 is 34.9 Å². The molecule has 0 aliphatic carbocycles. The van der Waals surface area contributed by atoms with E-state index in [1.165, 1.54) is 7.11 Å². The molecule has 138 valence electrons. The number of carboxylic acid groups (broad SMARTS) is 1. The van der Waals surface area contributed by atoms with Gasteiger partial charge in [0.05, 0.1) is 24.8 Å². The number of amides is 1. The van der Waals surface area contributed by atoms with Gasteiger partial charge in [-0.25, -0.2) is 4.79 Å². The first-order valence-corrected chi connectivity index (χ1v) is 8.87. The third kappa shape index (κ3) is 5.52. The molecule has 2 heterocycles. The highest BCUT2D eigenvalue weighted by atomic mass is 32.1. The average Bonchev–Trinajstić information content (AvgIpc) is 3.03. The molecule has 2 rings (SSSR count). The van der Waals surface area contributed by atoms with E-state index in [2.05, 4.69) is 10.1 Å². The summed E-state index contributed by atoms with van der Waals surface area (Å²) in [6, 6.07) is 1.58. The van der Waals surface area contributed by atoms with Crippen LogP contribution in [0.1, 0.15) is 28.9 Å². The molecule has 0 bridgehead atoms. The van der Waals surface area contributed by atoms with Crippen LogP contribution in [-0.4, -0.2) is 65.8 Å². The van der Waals surface area contributed by atoms with E-state index in [4.69, 9.17) is 0 Å². The Balaban J connectivity index is 1.93. The molecule has 1 amide bonds. The fraction of sp³-hybridized carbons (Fsp3) is 0.562. The Morgan fingerprint density at radius 2 is 2.08 bits per heavy atom.